The first-order valence-electron chi connectivity index (χ1n) is 3.20. The smallest absolute Gasteiger partial charge is 0.335 e. The number of benzene rings is 1. The lowest BCUT2D eigenvalue weighted by Gasteiger charge is -1.96. The molecule has 0 aromatic heterocycles. The van der Waals surface area contributed by atoms with E-state index in [0.717, 1.165) is 12.1 Å². The normalized spacial score (nSPS) is 11.2. The number of hydrogen-bond acceptors (Lipinski definition) is 3. The van der Waals surface area contributed by atoms with Gasteiger partial charge in [-0.05, 0) is 18.2 Å². The summed E-state index contributed by atoms with van der Waals surface area (Å²) in [6.45, 7) is 0. The van der Waals surface area contributed by atoms with E-state index in [1.54, 1.807) is 0 Å². The molecule has 6 heteroatoms. The van der Waals surface area contributed by atoms with Gasteiger partial charge in [-0.2, -0.15) is 8.42 Å². The highest BCUT2D eigenvalue weighted by Gasteiger charge is 2.13. The molecular weight excluding hydrogens is 196 g/mol. The van der Waals surface area contributed by atoms with Crippen LogP contribution in [0.25, 0.3) is 0 Å². The van der Waals surface area contributed by atoms with E-state index < -0.39 is 21.0 Å². The second-order valence-corrected chi connectivity index (χ2v) is 3.67. The highest BCUT2D eigenvalue weighted by molar-refractivity contribution is 7.85. The summed E-state index contributed by atoms with van der Waals surface area (Å²) in [7, 11) is -4.57. The zero-order valence-corrected chi connectivity index (χ0v) is 7.11. The molecule has 0 fully saturated rings. The Kier molecular flexibility index (Phi) is 2.35. The van der Waals surface area contributed by atoms with Gasteiger partial charge in [0, 0.05) is 0 Å². The molecule has 0 spiro atoms. The van der Waals surface area contributed by atoms with Crippen LogP contribution in [0.4, 0.5) is 0 Å². The largest absolute Gasteiger partial charge is 0.478 e. The molecule has 5 nitrogen and oxygen atoms in total. The maximum atomic E-state index is 10.5. The number of carbonyl (C=O) groups is 1. The van der Waals surface area contributed by atoms with Crippen molar-refractivity contribution in [2.24, 2.45) is 0 Å². The van der Waals surface area contributed by atoms with Gasteiger partial charge in [0.25, 0.3) is 0 Å². The van der Waals surface area contributed by atoms with Crippen LogP contribution < -0.4 is 0 Å². The van der Waals surface area contributed by atoms with E-state index in [4.69, 9.17) is 5.11 Å². The summed E-state index contributed by atoms with van der Waals surface area (Å²) in [6, 6.07) is 4.28. The Bertz CT molecular complexity index is 434. The fourth-order valence-corrected chi connectivity index (χ4v) is 1.30. The Balaban J connectivity index is 3.29. The van der Waals surface area contributed by atoms with Gasteiger partial charge in [-0.3, -0.25) is 0 Å². The average Bonchev–Trinajstić information content (AvgIpc) is 2.03. The fraction of sp³-hybridized carbons (Fsp3) is 0. The van der Waals surface area contributed by atoms with Crippen molar-refractivity contribution in [2.75, 3.05) is 0 Å². The lowest BCUT2D eigenvalue weighted by molar-refractivity contribution is 0.0696. The molecule has 0 amide bonds. The molecule has 1 aromatic carbocycles. The number of carboxylic acids is 1. The van der Waals surface area contributed by atoms with E-state index in [1.165, 1.54) is 12.1 Å². The Labute approximate surface area is 74.4 Å². The minimum atomic E-state index is -4.57. The van der Waals surface area contributed by atoms with Crippen LogP contribution in [0, 0.1) is 0 Å². The van der Waals surface area contributed by atoms with E-state index in [1.807, 2.05) is 0 Å². The highest BCUT2D eigenvalue weighted by Crippen LogP contribution is 2.11. The van der Waals surface area contributed by atoms with E-state index in [0.29, 0.717) is 0 Å². The molecule has 0 atom stereocenters. The van der Waals surface area contributed by atoms with Crippen LogP contribution in [0.15, 0.2) is 29.2 Å². The van der Waals surface area contributed by atoms with Crippen LogP contribution in [-0.2, 0) is 14.7 Å². The Morgan fingerprint density at radius 1 is 1.31 bits per heavy atom. The topological polar surface area (TPSA) is 91.3 Å². The second-order valence-electron chi connectivity index (χ2n) is 2.29. The van der Waals surface area contributed by atoms with E-state index >= 15 is 0 Å². The van der Waals surface area contributed by atoms with Crippen LogP contribution in [-0.4, -0.2) is 19.5 Å². The zero-order valence-electron chi connectivity index (χ0n) is 6.30. The summed E-state index contributed by atoms with van der Waals surface area (Å²) >= 11 is 0. The van der Waals surface area contributed by atoms with E-state index in [2.05, 4.69) is 0 Å². The van der Waals surface area contributed by atoms with Crippen LogP contribution >= 0.6 is 0 Å². The standard InChI is InChI=1S/C7H5O5S/c8-7(9)5-2-1-3-6(4-5)13(10,11)12/h1-4H,(H,8,9). The quantitative estimate of drug-likeness (QED) is 0.754. The van der Waals surface area contributed by atoms with Gasteiger partial charge in [-0.25, -0.2) is 4.79 Å². The maximum Gasteiger partial charge on any atom is 0.335 e. The average molecular weight is 201 g/mol. The molecule has 0 saturated heterocycles. The number of aromatic carboxylic acids is 1. The van der Waals surface area contributed by atoms with Gasteiger partial charge in [0.1, 0.15) is 0 Å². The monoisotopic (exact) mass is 201 g/mol. The molecule has 69 valence electrons. The van der Waals surface area contributed by atoms with Crippen molar-refractivity contribution in [3.63, 3.8) is 0 Å². The second kappa shape index (κ2) is 3.15. The minimum Gasteiger partial charge on any atom is -0.478 e. The first-order valence-corrected chi connectivity index (χ1v) is 4.61. The van der Waals surface area contributed by atoms with Crippen molar-refractivity contribution >= 4 is 16.1 Å². The molecule has 1 aromatic rings. The van der Waals surface area contributed by atoms with Crippen molar-refractivity contribution in [1.82, 2.24) is 0 Å². The third-order valence-electron chi connectivity index (χ3n) is 1.37. The Morgan fingerprint density at radius 2 is 1.92 bits per heavy atom. The molecule has 0 aliphatic heterocycles. The lowest BCUT2D eigenvalue weighted by atomic mass is 10.2. The van der Waals surface area contributed by atoms with Gasteiger partial charge in [0.2, 0.25) is 0 Å². The predicted octanol–water partition coefficient (Wildman–Crippen LogP) is 0.504. The van der Waals surface area contributed by atoms with Crippen molar-refractivity contribution in [3.05, 3.63) is 29.8 Å². The summed E-state index contributed by atoms with van der Waals surface area (Å²) in [5.41, 5.74) is -0.225. The third-order valence-corrected chi connectivity index (χ3v) is 2.20. The molecule has 0 unspecified atom stereocenters. The summed E-state index contributed by atoms with van der Waals surface area (Å²) in [5.74, 6) is -1.27. The summed E-state index contributed by atoms with van der Waals surface area (Å²) in [4.78, 5) is 9.85. The molecule has 1 N–H and O–H groups in total. The Hall–Kier alpha value is -1.40. The predicted molar refractivity (Wildman–Crippen MR) is 41.3 cm³/mol. The van der Waals surface area contributed by atoms with Crippen LogP contribution in [0.1, 0.15) is 10.4 Å². The molecule has 13 heavy (non-hydrogen) atoms. The Morgan fingerprint density at radius 3 is 2.38 bits per heavy atom. The van der Waals surface area contributed by atoms with Gasteiger partial charge in [-0.15, -0.1) is 0 Å². The summed E-state index contributed by atoms with van der Waals surface area (Å²) in [6.07, 6.45) is 0. The van der Waals surface area contributed by atoms with Crippen LogP contribution in [0.3, 0.4) is 0 Å². The van der Waals surface area contributed by atoms with Crippen LogP contribution in [0.2, 0.25) is 0 Å². The van der Waals surface area contributed by atoms with E-state index in [-0.39, 0.29) is 5.56 Å². The first-order chi connectivity index (χ1) is 5.91. The van der Waals surface area contributed by atoms with Gasteiger partial charge in [0.05, 0.1) is 10.5 Å². The summed E-state index contributed by atoms with van der Waals surface area (Å²) in [5, 5.41) is 8.48. The van der Waals surface area contributed by atoms with Gasteiger partial charge in [0.15, 0.2) is 0 Å². The highest BCUT2D eigenvalue weighted by atomic mass is 32.2. The van der Waals surface area contributed by atoms with Gasteiger partial charge >= 0.3 is 16.1 Å². The van der Waals surface area contributed by atoms with Crippen molar-refractivity contribution < 1.29 is 22.9 Å². The SMILES string of the molecule is [O]S(=O)(=O)c1cccc(C(=O)O)c1. The first kappa shape index (κ1) is 9.69. The minimum absolute atomic E-state index is 0.225. The van der Waals surface area contributed by atoms with Gasteiger partial charge in [-0.1, -0.05) is 10.6 Å². The zero-order chi connectivity index (χ0) is 10.1. The van der Waals surface area contributed by atoms with Crippen LogP contribution in [0.5, 0.6) is 0 Å². The number of carboxylic acid groups (broad SMARTS) is 1. The van der Waals surface area contributed by atoms with E-state index in [9.17, 15) is 17.8 Å². The molecular formula is C7H5O5S. The molecule has 0 saturated carbocycles. The fourth-order valence-electron chi connectivity index (χ4n) is 0.785. The number of rotatable bonds is 2. The molecule has 0 aliphatic carbocycles. The maximum absolute atomic E-state index is 10.5. The van der Waals surface area contributed by atoms with Crippen molar-refractivity contribution in [3.8, 4) is 0 Å². The van der Waals surface area contributed by atoms with Crippen molar-refractivity contribution in [1.29, 1.82) is 0 Å². The lowest BCUT2D eigenvalue weighted by Crippen LogP contribution is -2.00. The molecule has 1 radical (unpaired) electrons. The molecule has 1 rings (SSSR count). The van der Waals surface area contributed by atoms with Crippen molar-refractivity contribution in [2.45, 2.75) is 4.90 Å². The molecule has 0 aliphatic rings. The van der Waals surface area contributed by atoms with Gasteiger partial charge < -0.3 is 5.11 Å². The number of hydrogen-bond donors (Lipinski definition) is 1. The molecule has 0 bridgehead atoms. The summed E-state index contributed by atoms with van der Waals surface area (Å²) < 4.78 is 31.4. The third kappa shape index (κ3) is 2.27. The molecule has 0 heterocycles.